The van der Waals surface area contributed by atoms with Crippen molar-refractivity contribution in [3.8, 4) is 0 Å². The zero-order valence-corrected chi connectivity index (χ0v) is 8.94. The first-order valence-corrected chi connectivity index (χ1v) is 5.11. The fourth-order valence-corrected chi connectivity index (χ4v) is 1.22. The molecule has 0 aromatic heterocycles. The lowest BCUT2D eigenvalue weighted by Crippen LogP contribution is -2.28. The van der Waals surface area contributed by atoms with Crippen LogP contribution >= 0.6 is 0 Å². The van der Waals surface area contributed by atoms with E-state index in [0.29, 0.717) is 12.1 Å². The Bertz CT molecular complexity index is 297. The second-order valence-electron chi connectivity index (χ2n) is 3.34. The van der Waals surface area contributed by atoms with Crippen LogP contribution in [-0.4, -0.2) is 13.0 Å². The van der Waals surface area contributed by atoms with E-state index in [1.54, 1.807) is 0 Å². The van der Waals surface area contributed by atoms with Crippen LogP contribution in [0.3, 0.4) is 0 Å². The van der Waals surface area contributed by atoms with Crippen molar-refractivity contribution in [1.82, 2.24) is 0 Å². The molecule has 0 radical (unpaired) electrons. The van der Waals surface area contributed by atoms with Crippen LogP contribution in [0.1, 0.15) is 19.8 Å². The Morgan fingerprint density at radius 3 is 2.60 bits per heavy atom. The number of carbonyl (C=O) groups excluding carboxylic acids is 1. The molecule has 0 fully saturated rings. The van der Waals surface area contributed by atoms with Crippen LogP contribution in [0.2, 0.25) is 0 Å². The number of hydrogen-bond acceptors (Lipinski definition) is 3. The molecule has 0 saturated carbocycles. The lowest BCUT2D eigenvalue weighted by Gasteiger charge is -2.11. The number of nitrogens with zero attached hydrogens (tertiary/aromatic N) is 1. The van der Waals surface area contributed by atoms with Gasteiger partial charge in [0.15, 0.2) is 0 Å². The second-order valence-corrected chi connectivity index (χ2v) is 3.34. The van der Waals surface area contributed by atoms with Crippen molar-refractivity contribution in [2.24, 2.45) is 5.84 Å². The molecule has 1 rings (SSSR count). The molecule has 82 valence electrons. The number of nitrogens with one attached hydrogen (secondary N) is 1. The van der Waals surface area contributed by atoms with Gasteiger partial charge in [-0.15, -0.1) is 0 Å². The molecule has 0 heterocycles. The number of rotatable bonds is 6. The molecular weight excluding hydrogens is 190 g/mol. The molecule has 0 aliphatic heterocycles. The Balaban J connectivity index is 2.52. The van der Waals surface area contributed by atoms with E-state index < -0.39 is 0 Å². The molecule has 0 aliphatic rings. The molecule has 0 aliphatic carbocycles. The number of hydrogen-bond donors (Lipinski definition) is 2. The van der Waals surface area contributed by atoms with Crippen molar-refractivity contribution in [3.05, 3.63) is 24.3 Å². The van der Waals surface area contributed by atoms with Crippen molar-refractivity contribution < 1.29 is 4.79 Å². The fourth-order valence-electron chi connectivity index (χ4n) is 1.22. The number of nitrogens with two attached hydrogens (primary N) is 1. The monoisotopic (exact) mass is 207 g/mol. The van der Waals surface area contributed by atoms with E-state index in [1.165, 1.54) is 6.42 Å². The molecule has 0 atom stereocenters. The maximum Gasteiger partial charge on any atom is 0.228 e. The van der Waals surface area contributed by atoms with E-state index in [-0.39, 0.29) is 0 Å². The average Bonchev–Trinajstić information content (AvgIpc) is 2.29. The molecule has 1 amide bonds. The quantitative estimate of drug-likeness (QED) is 0.245. The maximum absolute atomic E-state index is 10.4. The Hall–Kier alpha value is -1.55. The minimum atomic E-state index is 0.583. The molecule has 4 nitrogen and oxygen atoms in total. The van der Waals surface area contributed by atoms with Crippen LogP contribution in [0.4, 0.5) is 11.4 Å². The van der Waals surface area contributed by atoms with Gasteiger partial charge in [-0.25, -0.2) is 5.84 Å². The van der Waals surface area contributed by atoms with Crippen LogP contribution in [0, 0.1) is 0 Å². The second kappa shape index (κ2) is 6.03. The summed E-state index contributed by atoms with van der Waals surface area (Å²) in [6.45, 7) is 3.12. The molecule has 0 unspecified atom stereocenters. The summed E-state index contributed by atoms with van der Waals surface area (Å²) in [4.78, 5) is 10.4. The van der Waals surface area contributed by atoms with Crippen LogP contribution in [0.15, 0.2) is 24.3 Å². The molecule has 3 N–H and O–H groups in total. The van der Waals surface area contributed by atoms with Crippen molar-refractivity contribution in [1.29, 1.82) is 0 Å². The van der Waals surface area contributed by atoms with E-state index >= 15 is 0 Å². The van der Waals surface area contributed by atoms with Crippen molar-refractivity contribution in [3.63, 3.8) is 0 Å². The van der Waals surface area contributed by atoms with E-state index in [1.807, 2.05) is 24.3 Å². The van der Waals surface area contributed by atoms with Gasteiger partial charge in [-0.1, -0.05) is 13.3 Å². The lowest BCUT2D eigenvalue weighted by atomic mass is 10.2. The largest absolute Gasteiger partial charge is 0.385 e. The van der Waals surface area contributed by atoms with Crippen LogP contribution in [-0.2, 0) is 4.79 Å². The summed E-state index contributed by atoms with van der Waals surface area (Å²) in [6.07, 6.45) is 2.91. The Morgan fingerprint density at radius 2 is 2.07 bits per heavy atom. The first-order chi connectivity index (χ1) is 7.27. The number of hydrazine groups is 1. The van der Waals surface area contributed by atoms with Gasteiger partial charge in [-0.3, -0.25) is 9.80 Å². The molecular formula is C11H17N3O. The minimum Gasteiger partial charge on any atom is -0.385 e. The van der Waals surface area contributed by atoms with E-state index in [9.17, 15) is 4.79 Å². The lowest BCUT2D eigenvalue weighted by molar-refractivity contribution is -0.107. The summed E-state index contributed by atoms with van der Waals surface area (Å²) in [5, 5.41) is 4.33. The fraction of sp³-hybridized carbons (Fsp3) is 0.364. The van der Waals surface area contributed by atoms with Gasteiger partial charge in [-0.05, 0) is 30.7 Å². The standard InChI is InChI=1S/C11H17N3O/c1-2-3-8-13-10-4-6-11(7-5-10)14(12)9-15/h4-7,9,13H,2-3,8,12H2,1H3. The van der Waals surface area contributed by atoms with Crippen LogP contribution in [0.5, 0.6) is 0 Å². The maximum atomic E-state index is 10.4. The summed E-state index contributed by atoms with van der Waals surface area (Å²) in [7, 11) is 0. The molecule has 1 aromatic carbocycles. The molecule has 0 saturated heterocycles. The Kier molecular flexibility index (Phi) is 4.63. The highest BCUT2D eigenvalue weighted by molar-refractivity contribution is 5.74. The van der Waals surface area contributed by atoms with Crippen LogP contribution < -0.4 is 16.2 Å². The zero-order valence-electron chi connectivity index (χ0n) is 8.94. The highest BCUT2D eigenvalue weighted by Crippen LogP contribution is 2.14. The third kappa shape index (κ3) is 3.59. The summed E-state index contributed by atoms with van der Waals surface area (Å²) in [5.41, 5.74) is 1.73. The van der Waals surface area contributed by atoms with Gasteiger partial charge in [0.2, 0.25) is 6.41 Å². The third-order valence-corrected chi connectivity index (χ3v) is 2.14. The normalized spacial score (nSPS) is 9.73. The number of carbonyl (C=O) groups is 1. The first kappa shape index (κ1) is 11.5. The minimum absolute atomic E-state index is 0.583. The molecule has 15 heavy (non-hydrogen) atoms. The zero-order chi connectivity index (χ0) is 11.1. The van der Waals surface area contributed by atoms with Crippen molar-refractivity contribution in [2.45, 2.75) is 19.8 Å². The molecule has 1 aromatic rings. The molecule has 0 bridgehead atoms. The van der Waals surface area contributed by atoms with E-state index in [2.05, 4.69) is 12.2 Å². The van der Waals surface area contributed by atoms with Gasteiger partial charge in [0.25, 0.3) is 0 Å². The van der Waals surface area contributed by atoms with Gasteiger partial charge < -0.3 is 5.32 Å². The molecule has 4 heteroatoms. The number of amides is 1. The Labute approximate surface area is 90.0 Å². The van der Waals surface area contributed by atoms with Gasteiger partial charge in [0, 0.05) is 12.2 Å². The molecule has 0 spiro atoms. The van der Waals surface area contributed by atoms with Crippen molar-refractivity contribution in [2.75, 3.05) is 16.9 Å². The van der Waals surface area contributed by atoms with Gasteiger partial charge in [-0.2, -0.15) is 0 Å². The number of unbranched alkanes of at least 4 members (excludes halogenated alkanes) is 1. The van der Waals surface area contributed by atoms with Gasteiger partial charge in [0.1, 0.15) is 0 Å². The van der Waals surface area contributed by atoms with E-state index in [0.717, 1.165) is 23.7 Å². The van der Waals surface area contributed by atoms with E-state index in [4.69, 9.17) is 5.84 Å². The van der Waals surface area contributed by atoms with Crippen molar-refractivity contribution >= 4 is 17.8 Å². The smallest absolute Gasteiger partial charge is 0.228 e. The first-order valence-electron chi connectivity index (χ1n) is 5.11. The third-order valence-electron chi connectivity index (χ3n) is 2.14. The highest BCUT2D eigenvalue weighted by atomic mass is 16.1. The topological polar surface area (TPSA) is 58.4 Å². The average molecular weight is 207 g/mol. The highest BCUT2D eigenvalue weighted by Gasteiger charge is 1.98. The predicted octanol–water partition coefficient (Wildman–Crippen LogP) is 1.74. The number of anilines is 2. The van der Waals surface area contributed by atoms with Crippen LogP contribution in [0.25, 0.3) is 0 Å². The predicted molar refractivity (Wildman–Crippen MR) is 62.6 cm³/mol. The summed E-state index contributed by atoms with van der Waals surface area (Å²) >= 11 is 0. The summed E-state index contributed by atoms with van der Waals surface area (Å²) in [6, 6.07) is 7.44. The SMILES string of the molecule is CCCCNc1ccc(N(N)C=O)cc1. The van der Waals surface area contributed by atoms with Gasteiger partial charge >= 0.3 is 0 Å². The van der Waals surface area contributed by atoms with Gasteiger partial charge in [0.05, 0.1) is 5.69 Å². The summed E-state index contributed by atoms with van der Waals surface area (Å²) < 4.78 is 0. The summed E-state index contributed by atoms with van der Waals surface area (Å²) in [5.74, 6) is 5.41. The Morgan fingerprint density at radius 1 is 1.40 bits per heavy atom. The number of benzene rings is 1.